The van der Waals surface area contributed by atoms with E-state index in [1.54, 1.807) is 7.11 Å². The first kappa shape index (κ1) is 17.5. The molecule has 0 aromatic heterocycles. The molecule has 3 nitrogen and oxygen atoms in total. The minimum Gasteiger partial charge on any atom is -0.497 e. The lowest BCUT2D eigenvalue weighted by molar-refractivity contribution is -0.132. The number of methoxy groups -OCH3 is 1. The van der Waals surface area contributed by atoms with Gasteiger partial charge in [0.05, 0.1) is 7.11 Å². The number of carbonyl (C=O) groups excluding carboxylic acids is 1. The maximum absolute atomic E-state index is 12.6. The quantitative estimate of drug-likeness (QED) is 0.703. The predicted molar refractivity (Wildman–Crippen MR) is 101 cm³/mol. The Morgan fingerprint density at radius 2 is 1.96 bits per heavy atom. The van der Waals surface area contributed by atoms with Gasteiger partial charge < -0.3 is 9.64 Å². The summed E-state index contributed by atoms with van der Waals surface area (Å²) in [6.45, 7) is 3.62. The highest BCUT2D eigenvalue weighted by molar-refractivity contribution is 5.76. The van der Waals surface area contributed by atoms with Gasteiger partial charge in [-0.25, -0.2) is 0 Å². The van der Waals surface area contributed by atoms with E-state index in [0.717, 1.165) is 25.1 Å². The lowest BCUT2D eigenvalue weighted by atomic mass is 10.1. The molecule has 1 aliphatic rings. The van der Waals surface area contributed by atoms with E-state index < -0.39 is 0 Å². The molecule has 0 bridgehead atoms. The molecule has 0 spiro atoms. The molecule has 1 amide bonds. The number of rotatable bonds is 8. The van der Waals surface area contributed by atoms with Gasteiger partial charge in [-0.15, -0.1) is 0 Å². The fraction of sp³-hybridized carbons (Fsp3) is 0.409. The number of carbonyl (C=O) groups is 1. The summed E-state index contributed by atoms with van der Waals surface area (Å²) in [5, 5.41) is 0. The summed E-state index contributed by atoms with van der Waals surface area (Å²) >= 11 is 0. The molecular formula is C22H27NO2. The van der Waals surface area contributed by atoms with Crippen LogP contribution in [0.1, 0.15) is 43.2 Å². The zero-order chi connectivity index (χ0) is 17.6. The molecule has 2 aromatic rings. The lowest BCUT2D eigenvalue weighted by Crippen LogP contribution is -2.32. The van der Waals surface area contributed by atoms with Crippen LogP contribution in [-0.4, -0.2) is 24.5 Å². The van der Waals surface area contributed by atoms with E-state index in [1.807, 2.05) is 35.2 Å². The Morgan fingerprint density at radius 3 is 2.68 bits per heavy atom. The molecule has 1 saturated carbocycles. The van der Waals surface area contributed by atoms with Gasteiger partial charge in [-0.1, -0.05) is 49.4 Å². The number of hydrogen-bond donors (Lipinski definition) is 0. The summed E-state index contributed by atoms with van der Waals surface area (Å²) < 4.78 is 5.33. The molecule has 2 atom stereocenters. The monoisotopic (exact) mass is 337 g/mol. The van der Waals surface area contributed by atoms with Crippen LogP contribution in [0.2, 0.25) is 0 Å². The van der Waals surface area contributed by atoms with Crippen molar-refractivity contribution in [3.8, 4) is 5.75 Å². The van der Waals surface area contributed by atoms with Crippen molar-refractivity contribution in [2.75, 3.05) is 13.7 Å². The second-order valence-electron chi connectivity index (χ2n) is 6.89. The number of nitrogens with zero attached hydrogens (tertiary/aromatic N) is 1. The molecule has 0 radical (unpaired) electrons. The van der Waals surface area contributed by atoms with Gasteiger partial charge in [-0.05, 0) is 47.9 Å². The smallest absolute Gasteiger partial charge is 0.222 e. The average Bonchev–Trinajstić information content (AvgIpc) is 3.41. The van der Waals surface area contributed by atoms with Crippen LogP contribution in [0.25, 0.3) is 0 Å². The van der Waals surface area contributed by atoms with Crippen LogP contribution in [0.5, 0.6) is 5.75 Å². The Hall–Kier alpha value is -2.29. The minimum atomic E-state index is 0.266. The van der Waals surface area contributed by atoms with Gasteiger partial charge in [-0.2, -0.15) is 0 Å². The average molecular weight is 337 g/mol. The van der Waals surface area contributed by atoms with E-state index in [1.165, 1.54) is 11.1 Å². The maximum Gasteiger partial charge on any atom is 0.222 e. The van der Waals surface area contributed by atoms with Gasteiger partial charge in [0, 0.05) is 19.5 Å². The van der Waals surface area contributed by atoms with Crippen LogP contribution in [-0.2, 0) is 11.3 Å². The molecule has 0 aliphatic heterocycles. The molecule has 0 N–H and O–H groups in total. The summed E-state index contributed by atoms with van der Waals surface area (Å²) in [7, 11) is 1.70. The third-order valence-corrected chi connectivity index (χ3v) is 4.93. The van der Waals surface area contributed by atoms with Crippen molar-refractivity contribution >= 4 is 5.91 Å². The Morgan fingerprint density at radius 1 is 1.16 bits per heavy atom. The molecule has 3 rings (SSSR count). The highest BCUT2D eigenvalue weighted by atomic mass is 16.5. The summed E-state index contributed by atoms with van der Waals surface area (Å²) in [6, 6.07) is 18.6. The maximum atomic E-state index is 12.6. The molecule has 2 unspecified atom stereocenters. The van der Waals surface area contributed by atoms with Gasteiger partial charge in [0.25, 0.3) is 0 Å². The minimum absolute atomic E-state index is 0.266. The van der Waals surface area contributed by atoms with Gasteiger partial charge in [0.1, 0.15) is 5.75 Å². The van der Waals surface area contributed by atoms with Crippen LogP contribution in [0.4, 0.5) is 0 Å². The first-order valence-electron chi connectivity index (χ1n) is 9.17. The Labute approximate surface area is 150 Å². The molecule has 2 aromatic carbocycles. The molecule has 1 fully saturated rings. The van der Waals surface area contributed by atoms with Crippen molar-refractivity contribution in [3.05, 3.63) is 65.7 Å². The fourth-order valence-corrected chi connectivity index (χ4v) is 3.44. The highest BCUT2D eigenvalue weighted by Crippen LogP contribution is 2.48. The molecular weight excluding hydrogens is 310 g/mol. The molecule has 25 heavy (non-hydrogen) atoms. The normalized spacial score (nSPS) is 18.6. The van der Waals surface area contributed by atoms with Crippen LogP contribution < -0.4 is 4.74 Å². The van der Waals surface area contributed by atoms with Crippen molar-refractivity contribution in [3.63, 3.8) is 0 Å². The van der Waals surface area contributed by atoms with E-state index in [-0.39, 0.29) is 5.91 Å². The summed E-state index contributed by atoms with van der Waals surface area (Å²) in [4.78, 5) is 14.6. The summed E-state index contributed by atoms with van der Waals surface area (Å²) in [6.07, 6.45) is 2.68. The van der Waals surface area contributed by atoms with Gasteiger partial charge in [0.15, 0.2) is 0 Å². The van der Waals surface area contributed by atoms with Crippen molar-refractivity contribution in [1.29, 1.82) is 0 Å². The zero-order valence-electron chi connectivity index (χ0n) is 15.2. The predicted octanol–water partition coefficient (Wildman–Crippen LogP) is 4.63. The van der Waals surface area contributed by atoms with Crippen LogP contribution in [0, 0.1) is 5.92 Å². The Balaban J connectivity index is 1.65. The lowest BCUT2D eigenvalue weighted by Gasteiger charge is -2.23. The molecule has 132 valence electrons. The number of ether oxygens (including phenoxy) is 1. The largest absolute Gasteiger partial charge is 0.497 e. The van der Waals surface area contributed by atoms with E-state index in [0.29, 0.717) is 24.8 Å². The fourth-order valence-electron chi connectivity index (χ4n) is 3.44. The molecule has 3 heteroatoms. The van der Waals surface area contributed by atoms with Crippen LogP contribution >= 0.6 is 0 Å². The van der Waals surface area contributed by atoms with Crippen LogP contribution in [0.3, 0.4) is 0 Å². The van der Waals surface area contributed by atoms with E-state index >= 15 is 0 Å². The van der Waals surface area contributed by atoms with Crippen molar-refractivity contribution in [1.82, 2.24) is 4.90 Å². The first-order chi connectivity index (χ1) is 12.2. The van der Waals surface area contributed by atoms with E-state index in [2.05, 4.69) is 31.2 Å². The Bertz CT molecular complexity index is 698. The standard InChI is InChI=1S/C22H27NO2/c1-3-8-22(24)23(15-17-9-5-4-6-10-17)16-19-14-21(19)18-11-7-12-20(13-18)25-2/h4-7,9-13,19,21H,3,8,14-16H2,1-2H3. The highest BCUT2D eigenvalue weighted by Gasteiger charge is 2.40. The SMILES string of the molecule is CCCC(=O)N(Cc1ccccc1)CC1CC1c1cccc(OC)c1. The summed E-state index contributed by atoms with van der Waals surface area (Å²) in [5.74, 6) is 2.27. The number of amides is 1. The second-order valence-corrected chi connectivity index (χ2v) is 6.89. The van der Waals surface area contributed by atoms with Crippen LogP contribution in [0.15, 0.2) is 54.6 Å². The third kappa shape index (κ3) is 4.62. The topological polar surface area (TPSA) is 29.5 Å². The zero-order valence-corrected chi connectivity index (χ0v) is 15.2. The van der Waals surface area contributed by atoms with Gasteiger partial charge in [-0.3, -0.25) is 4.79 Å². The van der Waals surface area contributed by atoms with E-state index in [9.17, 15) is 4.79 Å². The summed E-state index contributed by atoms with van der Waals surface area (Å²) in [5.41, 5.74) is 2.53. The van der Waals surface area contributed by atoms with E-state index in [4.69, 9.17) is 4.74 Å². The van der Waals surface area contributed by atoms with Crippen molar-refractivity contribution in [2.24, 2.45) is 5.92 Å². The molecule has 0 heterocycles. The number of benzene rings is 2. The Kier molecular flexibility index (Phi) is 5.75. The first-order valence-corrected chi connectivity index (χ1v) is 9.17. The van der Waals surface area contributed by atoms with Gasteiger partial charge in [0.2, 0.25) is 5.91 Å². The van der Waals surface area contributed by atoms with Gasteiger partial charge >= 0.3 is 0 Å². The second kappa shape index (κ2) is 8.19. The molecule has 0 saturated heterocycles. The van der Waals surface area contributed by atoms with Crippen molar-refractivity contribution in [2.45, 2.75) is 38.6 Å². The molecule has 1 aliphatic carbocycles. The number of hydrogen-bond acceptors (Lipinski definition) is 2. The van der Waals surface area contributed by atoms with Crippen molar-refractivity contribution < 1.29 is 9.53 Å². The third-order valence-electron chi connectivity index (χ3n) is 4.93.